The summed E-state index contributed by atoms with van der Waals surface area (Å²) >= 11 is 0. The standard InChI is InChI=1S/C39H31BN4/c1-41-38(32-15-9-4-10-16-32)44-39(43-27-28-17-22-37(42-26-28)31-18-20-36(40)21-19-31)35-24-33(29-11-5-2-6-12-29)23-34(25-35)30-13-7-3-8-14-30/h2-26H,1,27,40H2/b43-39-,44-38-. The first kappa shape index (κ1) is 28.4. The number of aliphatic imine (C=N–C) groups is 3. The zero-order valence-electron chi connectivity index (χ0n) is 24.6. The highest BCUT2D eigenvalue weighted by Gasteiger charge is 2.12. The van der Waals surface area contributed by atoms with Gasteiger partial charge >= 0.3 is 0 Å². The fourth-order valence-electron chi connectivity index (χ4n) is 5.00. The average molecular weight is 567 g/mol. The first-order chi connectivity index (χ1) is 21.7. The molecule has 5 aromatic carbocycles. The third kappa shape index (κ3) is 6.85. The molecule has 0 saturated carbocycles. The highest BCUT2D eigenvalue weighted by Crippen LogP contribution is 2.29. The predicted octanol–water partition coefficient (Wildman–Crippen LogP) is 7.44. The number of aromatic nitrogens is 1. The molecule has 0 bridgehead atoms. The van der Waals surface area contributed by atoms with Gasteiger partial charge in [0.25, 0.3) is 0 Å². The van der Waals surface area contributed by atoms with Crippen molar-refractivity contribution in [3.05, 3.63) is 168 Å². The smallest absolute Gasteiger partial charge is 0.161 e. The molecule has 1 aromatic heterocycles. The first-order valence-electron chi connectivity index (χ1n) is 14.6. The van der Waals surface area contributed by atoms with E-state index in [1.165, 1.54) is 5.46 Å². The van der Waals surface area contributed by atoms with Gasteiger partial charge in [0.05, 0.1) is 12.2 Å². The quantitative estimate of drug-likeness (QED) is 0.113. The summed E-state index contributed by atoms with van der Waals surface area (Å²) in [5.41, 5.74) is 10.4. The summed E-state index contributed by atoms with van der Waals surface area (Å²) in [7, 11) is 2.09. The van der Waals surface area contributed by atoms with Crippen LogP contribution in [0.2, 0.25) is 0 Å². The van der Waals surface area contributed by atoms with E-state index in [1.54, 1.807) is 0 Å². The van der Waals surface area contributed by atoms with Crippen molar-refractivity contribution in [2.75, 3.05) is 0 Å². The third-order valence-corrected chi connectivity index (χ3v) is 7.38. The largest absolute Gasteiger partial charge is 0.261 e. The van der Waals surface area contributed by atoms with E-state index >= 15 is 0 Å². The SMILES string of the molecule is Bc1ccc(-c2ccc(C/N=C(\N=C(/N=C)c3ccccc3)c3cc(-c4ccccc4)cc(-c4ccccc4)c3)cn2)cc1. The van der Waals surface area contributed by atoms with E-state index in [0.29, 0.717) is 18.2 Å². The van der Waals surface area contributed by atoms with Gasteiger partial charge in [-0.25, -0.2) is 9.98 Å². The molecule has 0 N–H and O–H groups in total. The average Bonchev–Trinajstić information content (AvgIpc) is 3.10. The Balaban J connectivity index is 1.44. The molecular formula is C39H31BN4. The summed E-state index contributed by atoms with van der Waals surface area (Å²) in [6.07, 6.45) is 1.89. The highest BCUT2D eigenvalue weighted by atomic mass is 15.0. The molecule has 0 aliphatic heterocycles. The third-order valence-electron chi connectivity index (χ3n) is 7.38. The van der Waals surface area contributed by atoms with E-state index in [1.807, 2.05) is 54.7 Å². The molecule has 0 saturated heterocycles. The van der Waals surface area contributed by atoms with Crippen LogP contribution in [0.4, 0.5) is 0 Å². The van der Waals surface area contributed by atoms with E-state index in [4.69, 9.17) is 15.0 Å². The lowest BCUT2D eigenvalue weighted by atomic mass is 9.95. The summed E-state index contributed by atoms with van der Waals surface area (Å²) in [4.78, 5) is 19.1. The molecule has 1 heterocycles. The lowest BCUT2D eigenvalue weighted by Crippen LogP contribution is -2.06. The second-order valence-corrected chi connectivity index (χ2v) is 10.5. The minimum atomic E-state index is 0.412. The normalized spacial score (nSPS) is 11.7. The lowest BCUT2D eigenvalue weighted by Gasteiger charge is -2.12. The molecule has 0 aliphatic carbocycles. The van der Waals surface area contributed by atoms with Crippen molar-refractivity contribution in [1.29, 1.82) is 0 Å². The van der Waals surface area contributed by atoms with E-state index in [9.17, 15) is 0 Å². The zero-order chi connectivity index (χ0) is 30.1. The van der Waals surface area contributed by atoms with Gasteiger partial charge in [0, 0.05) is 22.9 Å². The number of hydrogen-bond donors (Lipinski definition) is 0. The van der Waals surface area contributed by atoms with Crippen molar-refractivity contribution in [2.45, 2.75) is 6.54 Å². The molecule has 0 spiro atoms. The topological polar surface area (TPSA) is 50.0 Å². The minimum Gasteiger partial charge on any atom is -0.261 e. The fourth-order valence-corrected chi connectivity index (χ4v) is 5.00. The van der Waals surface area contributed by atoms with Crippen molar-refractivity contribution >= 4 is 31.7 Å². The number of amidine groups is 2. The highest BCUT2D eigenvalue weighted by molar-refractivity contribution is 6.32. The molecule has 0 atom stereocenters. The van der Waals surface area contributed by atoms with Crippen LogP contribution >= 0.6 is 0 Å². The fraction of sp³-hybridized carbons (Fsp3) is 0.0256. The Labute approximate surface area is 259 Å². The number of rotatable bonds is 7. The zero-order valence-corrected chi connectivity index (χ0v) is 24.6. The van der Waals surface area contributed by atoms with Gasteiger partial charge in [0.15, 0.2) is 11.7 Å². The minimum absolute atomic E-state index is 0.412. The van der Waals surface area contributed by atoms with Crippen LogP contribution in [0.1, 0.15) is 16.7 Å². The van der Waals surface area contributed by atoms with Crippen LogP contribution in [-0.2, 0) is 6.54 Å². The van der Waals surface area contributed by atoms with E-state index < -0.39 is 0 Å². The molecule has 0 fully saturated rings. The number of nitrogens with zero attached hydrogens (tertiary/aromatic N) is 4. The van der Waals surface area contributed by atoms with Crippen LogP contribution in [0, 0.1) is 0 Å². The van der Waals surface area contributed by atoms with Gasteiger partial charge < -0.3 is 0 Å². The molecule has 0 amide bonds. The van der Waals surface area contributed by atoms with Gasteiger partial charge in [-0.05, 0) is 58.8 Å². The lowest BCUT2D eigenvalue weighted by molar-refractivity contribution is 1.04. The Kier molecular flexibility index (Phi) is 8.75. The van der Waals surface area contributed by atoms with Crippen LogP contribution in [0.25, 0.3) is 33.5 Å². The van der Waals surface area contributed by atoms with Crippen molar-refractivity contribution in [2.24, 2.45) is 15.0 Å². The Bertz CT molecular complexity index is 1860. The van der Waals surface area contributed by atoms with Crippen LogP contribution in [0.15, 0.2) is 167 Å². The summed E-state index contributed by atoms with van der Waals surface area (Å²) < 4.78 is 0. The molecule has 5 heteroatoms. The molecule has 6 aromatic rings. The molecule has 0 aliphatic rings. The van der Waals surface area contributed by atoms with Crippen LogP contribution in [-0.4, -0.2) is 31.2 Å². The molecule has 0 radical (unpaired) electrons. The van der Waals surface area contributed by atoms with Crippen molar-refractivity contribution in [3.63, 3.8) is 0 Å². The second kappa shape index (κ2) is 13.5. The molecular weight excluding hydrogens is 535 g/mol. The Morgan fingerprint density at radius 2 is 1.16 bits per heavy atom. The van der Waals surface area contributed by atoms with Gasteiger partial charge in [-0.3, -0.25) is 9.98 Å². The van der Waals surface area contributed by atoms with Crippen molar-refractivity contribution < 1.29 is 0 Å². The maximum absolute atomic E-state index is 5.06. The predicted molar refractivity (Wildman–Crippen MR) is 188 cm³/mol. The van der Waals surface area contributed by atoms with Crippen LogP contribution in [0.3, 0.4) is 0 Å². The van der Waals surface area contributed by atoms with Gasteiger partial charge in [0.2, 0.25) is 0 Å². The van der Waals surface area contributed by atoms with Crippen LogP contribution in [0.5, 0.6) is 0 Å². The van der Waals surface area contributed by atoms with E-state index in [2.05, 4.69) is 117 Å². The second-order valence-electron chi connectivity index (χ2n) is 10.5. The molecule has 44 heavy (non-hydrogen) atoms. The van der Waals surface area contributed by atoms with E-state index in [0.717, 1.165) is 50.2 Å². The monoisotopic (exact) mass is 566 g/mol. The molecule has 6 rings (SSSR count). The maximum atomic E-state index is 5.06. The molecule has 4 nitrogen and oxygen atoms in total. The van der Waals surface area contributed by atoms with Crippen molar-refractivity contribution in [1.82, 2.24) is 4.98 Å². The van der Waals surface area contributed by atoms with Gasteiger partial charge in [-0.2, -0.15) is 0 Å². The van der Waals surface area contributed by atoms with Gasteiger partial charge in [0.1, 0.15) is 7.85 Å². The Morgan fingerprint density at radius 1 is 0.568 bits per heavy atom. The Morgan fingerprint density at radius 3 is 1.70 bits per heavy atom. The molecule has 210 valence electrons. The Hall–Kier alpha value is -5.68. The summed E-state index contributed by atoms with van der Waals surface area (Å²) in [6, 6.07) is 49.7. The number of benzene rings is 5. The van der Waals surface area contributed by atoms with Crippen LogP contribution < -0.4 is 5.46 Å². The number of pyridine rings is 1. The molecule has 0 unspecified atom stereocenters. The van der Waals surface area contributed by atoms with Gasteiger partial charge in [-0.1, -0.05) is 127 Å². The number of hydrogen-bond acceptors (Lipinski definition) is 2. The summed E-state index contributed by atoms with van der Waals surface area (Å²) in [5, 5.41) is 0. The summed E-state index contributed by atoms with van der Waals surface area (Å²) in [6.45, 7) is 4.24. The first-order valence-corrected chi connectivity index (χ1v) is 14.6. The van der Waals surface area contributed by atoms with E-state index in [-0.39, 0.29) is 0 Å². The van der Waals surface area contributed by atoms with Crippen molar-refractivity contribution in [3.8, 4) is 33.5 Å². The summed E-state index contributed by atoms with van der Waals surface area (Å²) in [5.74, 6) is 1.09. The van der Waals surface area contributed by atoms with Gasteiger partial charge in [-0.15, -0.1) is 0 Å². The maximum Gasteiger partial charge on any atom is 0.161 e.